The van der Waals surface area contributed by atoms with E-state index >= 15 is 0 Å². The first-order valence-electron chi connectivity index (χ1n) is 10.7. The number of nitrogens with zero attached hydrogens (tertiary/aromatic N) is 4. The Bertz CT molecular complexity index is 941. The van der Waals surface area contributed by atoms with Crippen molar-refractivity contribution in [3.8, 4) is 0 Å². The maximum Gasteiger partial charge on any atom is 0.227 e. The zero-order chi connectivity index (χ0) is 21.6. The number of carbonyl (C=O) groups is 1. The van der Waals surface area contributed by atoms with E-state index < -0.39 is 9.84 Å². The van der Waals surface area contributed by atoms with Crippen LogP contribution in [0.1, 0.15) is 37.9 Å². The van der Waals surface area contributed by atoms with Crippen molar-refractivity contribution in [2.75, 3.05) is 31.9 Å². The molecule has 8 heteroatoms. The van der Waals surface area contributed by atoms with Crippen LogP contribution in [-0.2, 0) is 34.1 Å². The van der Waals surface area contributed by atoms with Gasteiger partial charge in [-0.3, -0.25) is 9.69 Å². The van der Waals surface area contributed by atoms with Crippen molar-refractivity contribution >= 4 is 15.7 Å². The van der Waals surface area contributed by atoms with E-state index in [1.807, 2.05) is 27.7 Å². The first-order chi connectivity index (χ1) is 14.4. The van der Waals surface area contributed by atoms with Crippen molar-refractivity contribution in [2.45, 2.75) is 51.4 Å². The van der Waals surface area contributed by atoms with Crippen LogP contribution in [0.3, 0.4) is 0 Å². The van der Waals surface area contributed by atoms with Crippen molar-refractivity contribution in [1.82, 2.24) is 19.4 Å². The Morgan fingerprint density at radius 3 is 2.57 bits per heavy atom. The second-order valence-corrected chi connectivity index (χ2v) is 9.98. The number of amides is 1. The Morgan fingerprint density at radius 2 is 1.87 bits per heavy atom. The Morgan fingerprint density at radius 1 is 1.10 bits per heavy atom. The van der Waals surface area contributed by atoms with Crippen LogP contribution in [0.2, 0.25) is 0 Å². The predicted molar refractivity (Wildman–Crippen MR) is 117 cm³/mol. The number of sulfone groups is 1. The first-order valence-corrected chi connectivity index (χ1v) is 12.3. The van der Waals surface area contributed by atoms with Crippen LogP contribution >= 0.6 is 0 Å². The molecule has 0 spiro atoms. The second kappa shape index (κ2) is 10.2. The second-order valence-electron chi connectivity index (χ2n) is 7.81. The maximum atomic E-state index is 12.6. The van der Waals surface area contributed by atoms with Crippen LogP contribution < -0.4 is 0 Å². The number of hydrogen-bond donors (Lipinski definition) is 0. The third-order valence-electron chi connectivity index (χ3n) is 5.67. The summed E-state index contributed by atoms with van der Waals surface area (Å²) in [5.41, 5.74) is 2.17. The molecule has 2 heterocycles. The maximum absolute atomic E-state index is 12.6. The summed E-state index contributed by atoms with van der Waals surface area (Å²) in [6, 6.07) is 10.2. The molecule has 0 atom stereocenters. The van der Waals surface area contributed by atoms with Gasteiger partial charge in [0.15, 0.2) is 0 Å². The molecule has 7 nitrogen and oxygen atoms in total. The van der Waals surface area contributed by atoms with Gasteiger partial charge in [-0.25, -0.2) is 13.4 Å². The molecule has 30 heavy (non-hydrogen) atoms. The summed E-state index contributed by atoms with van der Waals surface area (Å²) in [6.45, 7) is 7.67. The van der Waals surface area contributed by atoms with Gasteiger partial charge in [0.05, 0.1) is 17.6 Å². The standard InChI is InChI=1S/C22H32N4O3S/c1-3-30(28,29)22-23-17-21(18-24-12-8-13-25(16-15-24)19(2)27)26(22)14-7-11-20-9-5-4-6-10-20/h4-6,9-10,17H,3,7-8,11-16,18H2,1-2H3. The van der Waals surface area contributed by atoms with Crippen molar-refractivity contribution < 1.29 is 13.2 Å². The third-order valence-corrected chi connectivity index (χ3v) is 7.31. The summed E-state index contributed by atoms with van der Waals surface area (Å²) in [6.07, 6.45) is 4.36. The average molecular weight is 433 g/mol. The molecule has 0 bridgehead atoms. The van der Waals surface area contributed by atoms with Gasteiger partial charge in [0.1, 0.15) is 0 Å². The molecule has 1 aromatic carbocycles. The molecular formula is C22H32N4O3S. The van der Waals surface area contributed by atoms with Crippen LogP contribution in [0.25, 0.3) is 0 Å². The molecule has 3 rings (SSSR count). The molecule has 0 N–H and O–H groups in total. The number of aromatic nitrogens is 2. The lowest BCUT2D eigenvalue weighted by Crippen LogP contribution is -2.33. The summed E-state index contributed by atoms with van der Waals surface area (Å²) >= 11 is 0. The highest BCUT2D eigenvalue weighted by molar-refractivity contribution is 7.91. The topological polar surface area (TPSA) is 75.5 Å². The van der Waals surface area contributed by atoms with Gasteiger partial charge in [0.25, 0.3) is 0 Å². The van der Waals surface area contributed by atoms with Crippen LogP contribution in [-0.4, -0.2) is 65.6 Å². The van der Waals surface area contributed by atoms with Gasteiger partial charge in [-0.1, -0.05) is 37.3 Å². The van der Waals surface area contributed by atoms with Crippen molar-refractivity contribution in [1.29, 1.82) is 0 Å². The van der Waals surface area contributed by atoms with E-state index in [2.05, 4.69) is 22.0 Å². The Hall–Kier alpha value is -2.19. The minimum absolute atomic E-state index is 0.0411. The number of hydrogen-bond acceptors (Lipinski definition) is 5. The van der Waals surface area contributed by atoms with Crippen molar-refractivity contribution in [2.24, 2.45) is 0 Å². The normalized spacial score (nSPS) is 15.9. The zero-order valence-electron chi connectivity index (χ0n) is 18.0. The minimum Gasteiger partial charge on any atom is -0.342 e. The number of carbonyl (C=O) groups excluding carboxylic acids is 1. The highest BCUT2D eigenvalue weighted by Crippen LogP contribution is 2.18. The Labute approximate surface area is 179 Å². The lowest BCUT2D eigenvalue weighted by atomic mass is 10.1. The molecule has 0 aliphatic carbocycles. The van der Waals surface area contributed by atoms with Crippen LogP contribution in [0.15, 0.2) is 41.7 Å². The van der Waals surface area contributed by atoms with Gasteiger partial charge < -0.3 is 9.47 Å². The van der Waals surface area contributed by atoms with Crippen LogP contribution in [0, 0.1) is 0 Å². The van der Waals surface area contributed by atoms with Gasteiger partial charge in [0.2, 0.25) is 20.9 Å². The largest absolute Gasteiger partial charge is 0.342 e. The van der Waals surface area contributed by atoms with Gasteiger partial charge in [-0.15, -0.1) is 0 Å². The molecule has 164 valence electrons. The molecule has 1 aromatic heterocycles. The summed E-state index contributed by atoms with van der Waals surface area (Å²) in [7, 11) is -3.39. The smallest absolute Gasteiger partial charge is 0.227 e. The van der Waals surface area contributed by atoms with Crippen LogP contribution in [0.5, 0.6) is 0 Å². The van der Waals surface area contributed by atoms with E-state index in [4.69, 9.17) is 0 Å². The van der Waals surface area contributed by atoms with Gasteiger partial charge in [-0.05, 0) is 24.8 Å². The molecule has 1 aliphatic rings. The molecule has 2 aromatic rings. The van der Waals surface area contributed by atoms with E-state index in [1.54, 1.807) is 20.0 Å². The fourth-order valence-corrected chi connectivity index (χ4v) is 4.91. The summed E-state index contributed by atoms with van der Waals surface area (Å²) in [4.78, 5) is 20.1. The van der Waals surface area contributed by atoms with Gasteiger partial charge in [0, 0.05) is 46.2 Å². The first kappa shape index (κ1) is 22.5. The van der Waals surface area contributed by atoms with Crippen molar-refractivity contribution in [3.63, 3.8) is 0 Å². The zero-order valence-corrected chi connectivity index (χ0v) is 18.8. The van der Waals surface area contributed by atoms with E-state index in [9.17, 15) is 13.2 Å². The fourth-order valence-electron chi connectivity index (χ4n) is 3.89. The van der Waals surface area contributed by atoms with Crippen LogP contribution in [0.4, 0.5) is 0 Å². The van der Waals surface area contributed by atoms with Gasteiger partial charge >= 0.3 is 0 Å². The molecule has 1 amide bonds. The number of benzene rings is 1. The van der Waals surface area contributed by atoms with E-state index in [-0.39, 0.29) is 16.8 Å². The summed E-state index contributed by atoms with van der Waals surface area (Å²) < 4.78 is 27.1. The lowest BCUT2D eigenvalue weighted by Gasteiger charge is -2.22. The van der Waals surface area contributed by atoms with E-state index in [0.29, 0.717) is 19.6 Å². The molecular weight excluding hydrogens is 400 g/mol. The SMILES string of the molecule is CCS(=O)(=O)c1ncc(CN2CCCN(C(C)=O)CC2)n1CCCc1ccccc1. The Kier molecular flexibility index (Phi) is 7.66. The van der Waals surface area contributed by atoms with Crippen molar-refractivity contribution in [3.05, 3.63) is 47.8 Å². The predicted octanol–water partition coefficient (Wildman–Crippen LogP) is 2.36. The summed E-state index contributed by atoms with van der Waals surface area (Å²) in [5.74, 6) is 0.151. The van der Waals surface area contributed by atoms with E-state index in [0.717, 1.165) is 44.6 Å². The van der Waals surface area contributed by atoms with Gasteiger partial charge in [-0.2, -0.15) is 0 Å². The monoisotopic (exact) mass is 432 g/mol. The summed E-state index contributed by atoms with van der Waals surface area (Å²) in [5, 5.41) is 0.174. The molecule has 0 radical (unpaired) electrons. The molecule has 0 unspecified atom stereocenters. The number of imidazole rings is 1. The molecule has 1 saturated heterocycles. The average Bonchev–Trinajstić information content (AvgIpc) is 2.98. The fraction of sp³-hybridized carbons (Fsp3) is 0.545. The molecule has 1 aliphatic heterocycles. The number of aryl methyl sites for hydroxylation is 1. The quantitative estimate of drug-likeness (QED) is 0.640. The number of rotatable bonds is 8. The molecule has 1 fully saturated rings. The highest BCUT2D eigenvalue weighted by atomic mass is 32.2. The minimum atomic E-state index is -3.39. The lowest BCUT2D eigenvalue weighted by molar-refractivity contribution is -0.128. The van der Waals surface area contributed by atoms with E-state index in [1.165, 1.54) is 5.56 Å². The third kappa shape index (κ3) is 5.70. The molecule has 0 saturated carbocycles. The highest BCUT2D eigenvalue weighted by Gasteiger charge is 2.23. The Balaban J connectivity index is 1.74.